The van der Waals surface area contributed by atoms with Crippen LogP contribution in [-0.2, 0) is 6.18 Å². The summed E-state index contributed by atoms with van der Waals surface area (Å²) in [4.78, 5) is 11.0. The quantitative estimate of drug-likeness (QED) is 0.912. The number of carbonyl (C=O) groups is 1. The predicted molar refractivity (Wildman–Crippen MR) is 60.3 cm³/mol. The van der Waals surface area contributed by atoms with Crippen molar-refractivity contribution in [2.24, 2.45) is 0 Å². The molecule has 7 heteroatoms. The van der Waals surface area contributed by atoms with Crippen molar-refractivity contribution in [3.63, 3.8) is 0 Å². The molecule has 19 heavy (non-hydrogen) atoms. The van der Waals surface area contributed by atoms with E-state index in [1.165, 1.54) is 31.2 Å². The van der Waals surface area contributed by atoms with Gasteiger partial charge in [-0.2, -0.15) is 18.3 Å². The number of hydrogen-bond donors (Lipinski definition) is 1. The monoisotopic (exact) mass is 270 g/mol. The van der Waals surface area contributed by atoms with Gasteiger partial charge in [-0.1, -0.05) is 12.1 Å². The lowest BCUT2D eigenvalue weighted by Crippen LogP contribution is -2.15. The number of alkyl halides is 3. The molecule has 0 unspecified atom stereocenters. The fourth-order valence-electron chi connectivity index (χ4n) is 1.72. The van der Waals surface area contributed by atoms with Gasteiger partial charge in [0.2, 0.25) is 0 Å². The van der Waals surface area contributed by atoms with E-state index in [9.17, 15) is 18.0 Å². The lowest BCUT2D eigenvalue weighted by Gasteiger charge is -2.12. The van der Waals surface area contributed by atoms with Crippen LogP contribution >= 0.6 is 0 Å². The molecular weight excluding hydrogens is 261 g/mol. The van der Waals surface area contributed by atoms with Crippen LogP contribution in [0.1, 0.15) is 21.7 Å². The first kappa shape index (κ1) is 13.1. The minimum absolute atomic E-state index is 0.115. The minimum atomic E-state index is -4.60. The van der Waals surface area contributed by atoms with Gasteiger partial charge in [0.25, 0.3) is 0 Å². The van der Waals surface area contributed by atoms with Crippen molar-refractivity contribution in [2.45, 2.75) is 13.1 Å². The Bertz CT molecular complexity index is 632. The second kappa shape index (κ2) is 4.42. The summed E-state index contributed by atoms with van der Waals surface area (Å²) in [5.41, 5.74) is -1.20. The zero-order valence-electron chi connectivity index (χ0n) is 9.77. The average molecular weight is 270 g/mol. The summed E-state index contributed by atoms with van der Waals surface area (Å²) in [6, 6.07) is 6.29. The molecule has 0 saturated heterocycles. The number of para-hydroxylation sites is 1. The van der Waals surface area contributed by atoms with Crippen molar-refractivity contribution >= 4 is 5.97 Å². The second-order valence-electron chi connectivity index (χ2n) is 3.90. The Kier molecular flexibility index (Phi) is 3.05. The molecule has 0 spiro atoms. The number of aryl methyl sites for hydroxylation is 1. The van der Waals surface area contributed by atoms with Gasteiger partial charge in [0.05, 0.1) is 16.9 Å². The summed E-state index contributed by atoms with van der Waals surface area (Å²) >= 11 is 0. The maximum atomic E-state index is 12.9. The van der Waals surface area contributed by atoms with Crippen molar-refractivity contribution in [1.82, 2.24) is 9.78 Å². The number of hydrogen-bond acceptors (Lipinski definition) is 2. The number of benzene rings is 1. The number of nitrogens with zero attached hydrogens (tertiary/aromatic N) is 2. The minimum Gasteiger partial charge on any atom is -0.478 e. The summed E-state index contributed by atoms with van der Waals surface area (Å²) in [6.45, 7) is 1.41. The largest absolute Gasteiger partial charge is 0.478 e. The van der Waals surface area contributed by atoms with Crippen molar-refractivity contribution in [1.29, 1.82) is 0 Å². The zero-order valence-corrected chi connectivity index (χ0v) is 9.77. The molecule has 2 rings (SSSR count). The molecule has 0 aliphatic heterocycles. The number of rotatable bonds is 2. The van der Waals surface area contributed by atoms with Gasteiger partial charge in [0.15, 0.2) is 0 Å². The number of carboxylic acids is 1. The number of carboxylic acid groups (broad SMARTS) is 1. The van der Waals surface area contributed by atoms with Gasteiger partial charge in [-0.05, 0) is 25.1 Å². The molecule has 0 radical (unpaired) electrons. The fraction of sp³-hybridized carbons (Fsp3) is 0.167. The smallest absolute Gasteiger partial charge is 0.433 e. The third kappa shape index (κ3) is 2.44. The molecule has 0 atom stereocenters. The van der Waals surface area contributed by atoms with Crippen molar-refractivity contribution in [3.8, 4) is 5.69 Å². The van der Waals surface area contributed by atoms with Crippen LogP contribution in [0.15, 0.2) is 30.3 Å². The molecule has 1 aromatic heterocycles. The highest BCUT2D eigenvalue weighted by atomic mass is 19.4. The summed E-state index contributed by atoms with van der Waals surface area (Å²) in [5, 5.41) is 12.7. The van der Waals surface area contributed by atoms with E-state index in [0.717, 1.165) is 6.07 Å². The van der Waals surface area contributed by atoms with Crippen molar-refractivity contribution in [2.75, 3.05) is 0 Å². The zero-order chi connectivity index (χ0) is 14.2. The Morgan fingerprint density at radius 1 is 1.32 bits per heavy atom. The van der Waals surface area contributed by atoms with Gasteiger partial charge < -0.3 is 5.11 Å². The van der Waals surface area contributed by atoms with Crippen molar-refractivity contribution < 1.29 is 23.1 Å². The predicted octanol–water partition coefficient (Wildman–Crippen LogP) is 2.90. The maximum Gasteiger partial charge on any atom is 0.433 e. The van der Waals surface area contributed by atoms with Crippen molar-refractivity contribution in [3.05, 3.63) is 47.3 Å². The third-order valence-corrected chi connectivity index (χ3v) is 2.48. The van der Waals surface area contributed by atoms with E-state index >= 15 is 0 Å². The van der Waals surface area contributed by atoms with E-state index in [4.69, 9.17) is 5.11 Å². The van der Waals surface area contributed by atoms with Crippen LogP contribution in [0, 0.1) is 6.92 Å². The van der Waals surface area contributed by atoms with Gasteiger partial charge in [-0.15, -0.1) is 0 Å². The Morgan fingerprint density at radius 2 is 1.95 bits per heavy atom. The van der Waals surface area contributed by atoms with Crippen LogP contribution in [0.3, 0.4) is 0 Å². The van der Waals surface area contributed by atoms with E-state index in [1.807, 2.05) is 0 Å². The molecule has 1 aromatic carbocycles. The van der Waals surface area contributed by atoms with Crippen LogP contribution in [0.4, 0.5) is 13.2 Å². The highest BCUT2D eigenvalue weighted by Crippen LogP contribution is 2.32. The molecule has 0 aliphatic rings. The Morgan fingerprint density at radius 3 is 2.53 bits per heavy atom. The summed E-state index contributed by atoms with van der Waals surface area (Å²) in [6.07, 6.45) is -4.60. The van der Waals surface area contributed by atoms with Crippen LogP contribution < -0.4 is 0 Å². The molecule has 0 fully saturated rings. The standard InChI is InChI=1S/C12H9F3N2O2/c1-7-6-10(12(13,14)15)17(16-7)9-5-3-2-4-8(9)11(18)19/h2-6H,1H3,(H,18,19). The molecule has 1 N–H and O–H groups in total. The van der Waals surface area contributed by atoms with Gasteiger partial charge in [0, 0.05) is 0 Å². The Hall–Kier alpha value is -2.31. The Balaban J connectivity index is 2.70. The molecule has 0 aliphatic carbocycles. The second-order valence-corrected chi connectivity index (χ2v) is 3.90. The Labute approximate surface area is 106 Å². The van der Waals surface area contributed by atoms with Crippen LogP contribution in [-0.4, -0.2) is 20.9 Å². The van der Waals surface area contributed by atoms with E-state index in [2.05, 4.69) is 5.10 Å². The van der Waals surface area contributed by atoms with Gasteiger partial charge in [-0.3, -0.25) is 0 Å². The van der Waals surface area contributed by atoms with Gasteiger partial charge in [0.1, 0.15) is 5.69 Å². The fourth-order valence-corrected chi connectivity index (χ4v) is 1.72. The highest BCUT2D eigenvalue weighted by molar-refractivity contribution is 5.91. The molecule has 0 saturated carbocycles. The third-order valence-electron chi connectivity index (χ3n) is 2.48. The van der Waals surface area contributed by atoms with Crippen LogP contribution in [0.2, 0.25) is 0 Å². The molecule has 0 amide bonds. The van der Waals surface area contributed by atoms with Gasteiger partial charge in [-0.25, -0.2) is 9.48 Å². The molecule has 2 aromatic rings. The van der Waals surface area contributed by atoms with Gasteiger partial charge >= 0.3 is 12.1 Å². The first-order valence-electron chi connectivity index (χ1n) is 5.27. The van der Waals surface area contributed by atoms with E-state index in [1.54, 1.807) is 0 Å². The number of aromatic carboxylic acids is 1. The SMILES string of the molecule is Cc1cc(C(F)(F)F)n(-c2ccccc2C(=O)O)n1. The van der Waals surface area contributed by atoms with E-state index < -0.39 is 17.8 Å². The first-order chi connectivity index (χ1) is 8.80. The lowest BCUT2D eigenvalue weighted by atomic mass is 10.2. The van der Waals surface area contributed by atoms with Crippen LogP contribution in [0.5, 0.6) is 0 Å². The molecule has 0 bridgehead atoms. The summed E-state index contributed by atoms with van der Waals surface area (Å²) < 4.78 is 39.2. The molecule has 1 heterocycles. The van der Waals surface area contributed by atoms with E-state index in [0.29, 0.717) is 4.68 Å². The van der Waals surface area contributed by atoms with Crippen LogP contribution in [0.25, 0.3) is 5.69 Å². The molecule has 4 nitrogen and oxygen atoms in total. The summed E-state index contributed by atoms with van der Waals surface area (Å²) in [5.74, 6) is -1.31. The summed E-state index contributed by atoms with van der Waals surface area (Å²) in [7, 11) is 0. The number of halogens is 3. The topological polar surface area (TPSA) is 55.1 Å². The number of aromatic nitrogens is 2. The normalized spacial score (nSPS) is 11.6. The average Bonchev–Trinajstić information content (AvgIpc) is 2.71. The first-order valence-corrected chi connectivity index (χ1v) is 5.27. The maximum absolute atomic E-state index is 12.9. The lowest BCUT2D eigenvalue weighted by molar-refractivity contribution is -0.142. The molecule has 100 valence electrons. The van der Waals surface area contributed by atoms with E-state index in [-0.39, 0.29) is 16.9 Å². The highest BCUT2D eigenvalue weighted by Gasteiger charge is 2.36. The molecular formula is C12H9F3N2O2.